The lowest BCUT2D eigenvalue weighted by Crippen LogP contribution is -2.30. The van der Waals surface area contributed by atoms with Crippen molar-refractivity contribution in [2.75, 3.05) is 0 Å². The average Bonchev–Trinajstić information content (AvgIpc) is 3.03. The Kier molecular flexibility index (Phi) is 2.98. The summed E-state index contributed by atoms with van der Waals surface area (Å²) in [6.45, 7) is 0. The van der Waals surface area contributed by atoms with E-state index in [0.717, 1.165) is 16.9 Å². The third kappa shape index (κ3) is 2.09. The van der Waals surface area contributed by atoms with Crippen LogP contribution in [0.5, 0.6) is 0 Å². The first-order valence-corrected chi connectivity index (χ1v) is 6.01. The van der Waals surface area contributed by atoms with Crippen LogP contribution >= 0.6 is 0 Å². The fourth-order valence-electron chi connectivity index (χ4n) is 2.17. The van der Waals surface area contributed by atoms with Crippen LogP contribution in [0.2, 0.25) is 0 Å². The van der Waals surface area contributed by atoms with Gasteiger partial charge in [-0.25, -0.2) is 9.50 Å². The van der Waals surface area contributed by atoms with Crippen LogP contribution < -0.4 is 11.3 Å². The number of pyridine rings is 1. The third-order valence-electron chi connectivity index (χ3n) is 3.22. The van der Waals surface area contributed by atoms with E-state index in [9.17, 15) is 0 Å². The molecule has 1 unspecified atom stereocenters. The molecule has 7 heteroatoms. The topological polar surface area (TPSA) is 86.1 Å². The van der Waals surface area contributed by atoms with Gasteiger partial charge in [0.15, 0.2) is 0 Å². The van der Waals surface area contributed by atoms with Gasteiger partial charge in [-0.3, -0.25) is 16.0 Å². The Morgan fingerprint density at radius 1 is 1.37 bits per heavy atom. The van der Waals surface area contributed by atoms with Crippen molar-refractivity contribution in [3.05, 3.63) is 48.3 Å². The van der Waals surface area contributed by atoms with Gasteiger partial charge in [0.05, 0.1) is 17.8 Å². The quantitative estimate of drug-likeness (QED) is 0.515. The van der Waals surface area contributed by atoms with Crippen molar-refractivity contribution in [2.24, 2.45) is 12.9 Å². The minimum atomic E-state index is -0.0530. The first-order chi connectivity index (χ1) is 9.29. The predicted octanol–water partition coefficient (Wildman–Crippen LogP) is 0.210. The highest BCUT2D eigenvalue weighted by atomic mass is 15.3. The summed E-state index contributed by atoms with van der Waals surface area (Å²) in [6.07, 6.45) is 5.94. The molecule has 3 aromatic heterocycles. The number of nitrogens with one attached hydrogen (secondary N) is 1. The second-order valence-corrected chi connectivity index (χ2v) is 4.35. The van der Waals surface area contributed by atoms with Crippen LogP contribution in [0.4, 0.5) is 0 Å². The summed E-state index contributed by atoms with van der Waals surface area (Å²) in [5.74, 6) is 6.55. The summed E-state index contributed by atoms with van der Waals surface area (Å²) >= 11 is 0. The summed E-state index contributed by atoms with van der Waals surface area (Å²) in [6, 6.07) is 5.89. The highest BCUT2D eigenvalue weighted by Gasteiger charge is 2.17. The number of hydrazine groups is 1. The van der Waals surface area contributed by atoms with Gasteiger partial charge < -0.3 is 0 Å². The molecule has 0 aliphatic heterocycles. The molecule has 3 N–H and O–H groups in total. The van der Waals surface area contributed by atoms with Crippen molar-refractivity contribution >= 4 is 5.52 Å². The molecule has 19 heavy (non-hydrogen) atoms. The molecule has 1 atom stereocenters. The fourth-order valence-corrected chi connectivity index (χ4v) is 2.17. The number of nitrogens with zero attached hydrogens (tertiary/aromatic N) is 5. The summed E-state index contributed by atoms with van der Waals surface area (Å²) < 4.78 is 3.58. The Morgan fingerprint density at radius 3 is 3.00 bits per heavy atom. The number of rotatable bonds is 4. The van der Waals surface area contributed by atoms with E-state index in [0.29, 0.717) is 6.42 Å². The molecule has 0 saturated carbocycles. The monoisotopic (exact) mass is 257 g/mol. The normalized spacial score (nSPS) is 12.9. The zero-order valence-corrected chi connectivity index (χ0v) is 10.6. The molecule has 0 aliphatic carbocycles. The lowest BCUT2D eigenvalue weighted by molar-refractivity contribution is 0.526. The molecule has 0 bridgehead atoms. The molecule has 3 heterocycles. The molecule has 0 amide bonds. The Morgan fingerprint density at radius 2 is 2.26 bits per heavy atom. The number of hydrogen-bond donors (Lipinski definition) is 2. The van der Waals surface area contributed by atoms with Gasteiger partial charge in [0, 0.05) is 25.2 Å². The van der Waals surface area contributed by atoms with Crippen LogP contribution in [0.1, 0.15) is 17.4 Å². The van der Waals surface area contributed by atoms with E-state index in [2.05, 4.69) is 20.6 Å². The fraction of sp³-hybridized carbons (Fsp3) is 0.250. The average molecular weight is 257 g/mol. The molecule has 0 saturated heterocycles. The predicted molar refractivity (Wildman–Crippen MR) is 70.0 cm³/mol. The zero-order chi connectivity index (χ0) is 13.2. The van der Waals surface area contributed by atoms with Crippen LogP contribution in [-0.2, 0) is 13.5 Å². The largest absolute Gasteiger partial charge is 0.271 e. The van der Waals surface area contributed by atoms with Gasteiger partial charge in [-0.2, -0.15) is 10.2 Å². The van der Waals surface area contributed by atoms with E-state index in [1.165, 1.54) is 0 Å². The van der Waals surface area contributed by atoms with Crippen molar-refractivity contribution in [1.82, 2.24) is 29.8 Å². The van der Waals surface area contributed by atoms with Crippen LogP contribution in [0.15, 0.2) is 36.9 Å². The molecule has 0 aromatic carbocycles. The summed E-state index contributed by atoms with van der Waals surface area (Å²) in [7, 11) is 1.87. The molecule has 3 aromatic rings. The molecule has 0 fully saturated rings. The second-order valence-electron chi connectivity index (χ2n) is 4.35. The van der Waals surface area contributed by atoms with Gasteiger partial charge in [0.25, 0.3) is 0 Å². The van der Waals surface area contributed by atoms with E-state index >= 15 is 0 Å². The summed E-state index contributed by atoms with van der Waals surface area (Å²) in [5, 5.41) is 8.38. The van der Waals surface area contributed by atoms with Gasteiger partial charge in [0.2, 0.25) is 0 Å². The summed E-state index contributed by atoms with van der Waals surface area (Å²) in [4.78, 5) is 4.22. The summed E-state index contributed by atoms with van der Waals surface area (Å²) in [5.41, 5.74) is 4.91. The number of fused-ring (bicyclic) bond motifs is 1. The maximum absolute atomic E-state index is 5.68. The second kappa shape index (κ2) is 4.79. The lowest BCUT2D eigenvalue weighted by Gasteiger charge is -2.14. The van der Waals surface area contributed by atoms with Crippen LogP contribution in [0, 0.1) is 0 Å². The Labute approximate surface area is 110 Å². The first-order valence-electron chi connectivity index (χ1n) is 6.01. The maximum Gasteiger partial charge on any atom is 0.138 e. The van der Waals surface area contributed by atoms with Gasteiger partial charge >= 0.3 is 0 Å². The maximum atomic E-state index is 5.68. The van der Waals surface area contributed by atoms with E-state index in [4.69, 9.17) is 5.84 Å². The highest BCUT2D eigenvalue weighted by molar-refractivity contribution is 5.54. The van der Waals surface area contributed by atoms with Crippen molar-refractivity contribution in [3.8, 4) is 0 Å². The highest BCUT2D eigenvalue weighted by Crippen LogP contribution is 2.21. The molecule has 98 valence electrons. The van der Waals surface area contributed by atoms with Gasteiger partial charge in [-0.1, -0.05) is 6.07 Å². The molecule has 7 nitrogen and oxygen atoms in total. The Balaban J connectivity index is 1.96. The van der Waals surface area contributed by atoms with Crippen molar-refractivity contribution < 1.29 is 0 Å². The number of hydrogen-bond acceptors (Lipinski definition) is 5. The SMILES string of the molecule is Cn1ncnc1CC(NN)c1cnn2ccccc12. The van der Waals surface area contributed by atoms with Crippen LogP contribution in [0.3, 0.4) is 0 Å². The zero-order valence-electron chi connectivity index (χ0n) is 10.6. The Bertz CT molecular complexity index is 684. The van der Waals surface area contributed by atoms with Crippen LogP contribution in [-0.4, -0.2) is 24.4 Å². The molecular formula is C12H15N7. The first kappa shape index (κ1) is 11.8. The minimum Gasteiger partial charge on any atom is -0.271 e. The molecular weight excluding hydrogens is 242 g/mol. The molecule has 0 spiro atoms. The van der Waals surface area contributed by atoms with Crippen molar-refractivity contribution in [3.63, 3.8) is 0 Å². The number of nitrogens with two attached hydrogens (primary N) is 1. The van der Waals surface area contributed by atoms with E-state index in [1.54, 1.807) is 11.0 Å². The lowest BCUT2D eigenvalue weighted by atomic mass is 10.1. The van der Waals surface area contributed by atoms with Gasteiger partial charge in [-0.05, 0) is 12.1 Å². The van der Waals surface area contributed by atoms with Gasteiger partial charge in [0.1, 0.15) is 12.2 Å². The van der Waals surface area contributed by atoms with Crippen LogP contribution in [0.25, 0.3) is 5.52 Å². The smallest absolute Gasteiger partial charge is 0.138 e. The molecule has 0 aliphatic rings. The van der Waals surface area contributed by atoms with E-state index in [1.807, 2.05) is 42.2 Å². The van der Waals surface area contributed by atoms with Crippen molar-refractivity contribution in [2.45, 2.75) is 12.5 Å². The number of aryl methyl sites for hydroxylation is 1. The van der Waals surface area contributed by atoms with E-state index in [-0.39, 0.29) is 6.04 Å². The standard InChI is InChI=1S/C12H15N7/c1-18-12(14-8-16-18)6-10(17-13)9-7-15-19-5-3-2-4-11(9)19/h2-5,7-8,10,17H,6,13H2,1H3. The van der Waals surface area contributed by atoms with Gasteiger partial charge in [-0.15, -0.1) is 0 Å². The van der Waals surface area contributed by atoms with E-state index < -0.39 is 0 Å². The molecule has 0 radical (unpaired) electrons. The number of aromatic nitrogens is 5. The third-order valence-corrected chi connectivity index (χ3v) is 3.22. The minimum absolute atomic E-state index is 0.0530. The van der Waals surface area contributed by atoms with Crippen molar-refractivity contribution in [1.29, 1.82) is 0 Å². The Hall–Kier alpha value is -2.25. The molecule has 3 rings (SSSR count).